The second-order valence-electron chi connectivity index (χ2n) is 19.7. The first-order chi connectivity index (χ1) is 38.3. The smallest absolute Gasteiger partial charge is 0.309 e. The molecule has 4 aromatic heterocycles. The van der Waals surface area contributed by atoms with Gasteiger partial charge in [-0.05, 0) is 102 Å². The topological polar surface area (TPSA) is 28.4 Å². The van der Waals surface area contributed by atoms with Crippen LogP contribution in [0.15, 0.2) is 237 Å². The first kappa shape index (κ1) is 44.8. The highest BCUT2D eigenvalue weighted by molar-refractivity contribution is 6.28. The van der Waals surface area contributed by atoms with Crippen LogP contribution < -0.4 is 0 Å². The summed E-state index contributed by atoms with van der Waals surface area (Å²) in [7, 11) is 0. The van der Waals surface area contributed by atoms with Crippen molar-refractivity contribution in [1.29, 1.82) is 0 Å². The van der Waals surface area contributed by atoms with Crippen LogP contribution in [-0.2, 0) is 6.18 Å². The molecule has 366 valence electrons. The number of fused-ring (bicyclic) bond motifs is 14. The maximum absolute atomic E-state index is 14.2. The third kappa shape index (κ3) is 6.49. The number of rotatable bonds is 6. The van der Waals surface area contributed by atoms with Gasteiger partial charge < -0.3 is 18.3 Å². The normalized spacial score (nSPS) is 12.0. The van der Waals surface area contributed by atoms with Crippen molar-refractivity contribution in [3.8, 4) is 45.0 Å². The van der Waals surface area contributed by atoms with Gasteiger partial charge in [0.1, 0.15) is 0 Å². The van der Waals surface area contributed by atoms with Gasteiger partial charge in [-0.1, -0.05) is 152 Å². The Labute approximate surface area is 444 Å². The van der Waals surface area contributed by atoms with Gasteiger partial charge in [-0.15, -0.1) is 0 Å². The number of hydrogen-bond donors (Lipinski definition) is 0. The maximum atomic E-state index is 14.2. The molecule has 0 aliphatic heterocycles. The van der Waals surface area contributed by atoms with Gasteiger partial charge in [-0.3, -0.25) is 0 Å². The molecule has 0 saturated heterocycles. The predicted molar refractivity (Wildman–Crippen MR) is 312 cm³/mol. The number of nitrogens with zero attached hydrogens (tertiary/aromatic N) is 6. The van der Waals surface area contributed by atoms with Crippen molar-refractivity contribution < 1.29 is 13.2 Å². The van der Waals surface area contributed by atoms with Gasteiger partial charge in [0.05, 0.1) is 68.7 Å². The SMILES string of the molecule is [C-]#[N+]c1ccc(-n2c3ccccc3c3c2ccc2c4ccccc4n(-c4ccccc4)c23)c(-c2ccc(-c3ccc(C(F)(F)F)cc3[N+]#[C-])cc2-n2c3ccccc3c3c2ccc2c4ccccc4n(-c4ccccc4)c23)c1. The maximum Gasteiger partial charge on any atom is 0.415 e. The van der Waals surface area contributed by atoms with E-state index in [2.05, 4.69) is 180 Å². The Bertz CT molecular complexity index is 5100. The molecule has 6 nitrogen and oxygen atoms in total. The summed E-state index contributed by atoms with van der Waals surface area (Å²) in [5, 5.41) is 8.62. The van der Waals surface area contributed by atoms with Crippen molar-refractivity contribution in [2.45, 2.75) is 6.18 Å². The highest BCUT2D eigenvalue weighted by Crippen LogP contribution is 2.49. The lowest BCUT2D eigenvalue weighted by atomic mass is 9.95. The summed E-state index contributed by atoms with van der Waals surface area (Å²) >= 11 is 0. The minimum absolute atomic E-state index is 0.111. The molecule has 0 amide bonds. The monoisotopic (exact) mass is 1010 g/mol. The number of halogens is 3. The lowest BCUT2D eigenvalue weighted by molar-refractivity contribution is -0.137. The fourth-order valence-electron chi connectivity index (χ4n) is 12.4. The van der Waals surface area contributed by atoms with Gasteiger partial charge in [-0.25, -0.2) is 9.69 Å². The fraction of sp³-hybridized carbons (Fsp3) is 0.0145. The molecule has 0 spiro atoms. The molecule has 78 heavy (non-hydrogen) atoms. The summed E-state index contributed by atoms with van der Waals surface area (Å²) in [5.74, 6) is 0. The first-order valence-electron chi connectivity index (χ1n) is 25.6. The molecule has 9 heteroatoms. The molecule has 0 N–H and O–H groups in total. The van der Waals surface area contributed by atoms with Gasteiger partial charge >= 0.3 is 6.18 Å². The lowest BCUT2D eigenvalue weighted by Crippen LogP contribution is -2.04. The second kappa shape index (κ2) is 17.0. The van der Waals surface area contributed by atoms with Crippen molar-refractivity contribution >= 4 is 98.6 Å². The molecule has 0 aliphatic carbocycles. The highest BCUT2D eigenvalue weighted by Gasteiger charge is 2.32. The Balaban J connectivity index is 1.08. The van der Waals surface area contributed by atoms with Crippen LogP contribution in [0.1, 0.15) is 5.56 Å². The second-order valence-corrected chi connectivity index (χ2v) is 19.7. The van der Waals surface area contributed by atoms with E-state index in [1.54, 1.807) is 0 Å². The number of hydrogen-bond acceptors (Lipinski definition) is 0. The third-order valence-corrected chi connectivity index (χ3v) is 15.6. The van der Waals surface area contributed by atoms with Crippen LogP contribution >= 0.6 is 0 Å². The van der Waals surface area contributed by atoms with Gasteiger partial charge in [0.2, 0.25) is 0 Å². The highest BCUT2D eigenvalue weighted by atomic mass is 19.4. The molecular weight excluding hydrogens is 970 g/mol. The molecule has 0 atom stereocenters. The van der Waals surface area contributed by atoms with Crippen molar-refractivity contribution in [3.05, 3.63) is 265 Å². The van der Waals surface area contributed by atoms with Crippen molar-refractivity contribution in [2.24, 2.45) is 0 Å². The average molecular weight is 1010 g/mol. The van der Waals surface area contributed by atoms with Crippen molar-refractivity contribution in [1.82, 2.24) is 18.3 Å². The van der Waals surface area contributed by atoms with E-state index in [0.29, 0.717) is 22.5 Å². The quantitative estimate of drug-likeness (QED) is 0.149. The van der Waals surface area contributed by atoms with Gasteiger partial charge in [0.25, 0.3) is 0 Å². The minimum atomic E-state index is -4.63. The summed E-state index contributed by atoms with van der Waals surface area (Å²) in [6.45, 7) is 16.6. The Kier molecular flexibility index (Phi) is 9.75. The Morgan fingerprint density at radius 1 is 0.333 bits per heavy atom. The van der Waals surface area contributed by atoms with E-state index >= 15 is 0 Å². The van der Waals surface area contributed by atoms with E-state index < -0.39 is 11.7 Å². The van der Waals surface area contributed by atoms with Crippen LogP contribution in [0.5, 0.6) is 0 Å². The zero-order chi connectivity index (χ0) is 52.4. The van der Waals surface area contributed by atoms with Crippen molar-refractivity contribution in [3.63, 3.8) is 0 Å². The Morgan fingerprint density at radius 3 is 1.32 bits per heavy atom. The molecule has 15 aromatic rings. The van der Waals surface area contributed by atoms with E-state index in [4.69, 9.17) is 13.1 Å². The zero-order valence-corrected chi connectivity index (χ0v) is 41.3. The Morgan fingerprint density at radius 2 is 0.808 bits per heavy atom. The van der Waals surface area contributed by atoms with Crippen LogP contribution in [0.2, 0.25) is 0 Å². The van der Waals surface area contributed by atoms with Crippen LogP contribution in [0.3, 0.4) is 0 Å². The van der Waals surface area contributed by atoms with Gasteiger partial charge in [-0.2, -0.15) is 13.2 Å². The Hall–Kier alpha value is -10.6. The molecule has 0 fully saturated rings. The fourth-order valence-corrected chi connectivity index (χ4v) is 12.4. The molecule has 11 aromatic carbocycles. The van der Waals surface area contributed by atoms with Gasteiger partial charge in [0.15, 0.2) is 11.4 Å². The summed E-state index contributed by atoms with van der Waals surface area (Å²) in [6, 6.07) is 78.5. The van der Waals surface area contributed by atoms with Crippen LogP contribution in [-0.4, -0.2) is 18.3 Å². The first-order valence-corrected chi connectivity index (χ1v) is 25.6. The number of alkyl halides is 3. The largest absolute Gasteiger partial charge is 0.415 e. The van der Waals surface area contributed by atoms with Crippen molar-refractivity contribution in [2.75, 3.05) is 0 Å². The number of aromatic nitrogens is 4. The minimum Gasteiger partial charge on any atom is -0.309 e. The molecule has 4 heterocycles. The van der Waals surface area contributed by atoms with E-state index in [0.717, 1.165) is 128 Å². The molecular formula is C69H39F3N6. The van der Waals surface area contributed by atoms with Crippen LogP contribution in [0.25, 0.3) is 142 Å². The predicted octanol–water partition coefficient (Wildman–Crippen LogP) is 19.5. The summed E-state index contributed by atoms with van der Waals surface area (Å²) in [5.41, 5.74) is 13.5. The molecule has 15 rings (SSSR count). The molecule has 0 saturated carbocycles. The zero-order valence-electron chi connectivity index (χ0n) is 41.3. The van der Waals surface area contributed by atoms with Crippen LogP contribution in [0, 0.1) is 13.1 Å². The molecule has 0 aliphatic rings. The van der Waals surface area contributed by atoms with E-state index in [1.165, 1.54) is 6.07 Å². The lowest BCUT2D eigenvalue weighted by Gasteiger charge is -2.20. The van der Waals surface area contributed by atoms with Gasteiger partial charge in [0, 0.05) is 65.6 Å². The third-order valence-electron chi connectivity index (χ3n) is 15.6. The molecule has 0 radical (unpaired) electrons. The van der Waals surface area contributed by atoms with Crippen LogP contribution in [0.4, 0.5) is 24.5 Å². The average Bonchev–Trinajstić information content (AvgIpc) is 4.37. The van der Waals surface area contributed by atoms with E-state index in [1.807, 2.05) is 66.7 Å². The van der Waals surface area contributed by atoms with E-state index in [-0.39, 0.29) is 5.69 Å². The summed E-state index contributed by atoms with van der Waals surface area (Å²) in [6.07, 6.45) is -4.63. The van der Waals surface area contributed by atoms with E-state index in [9.17, 15) is 13.2 Å². The molecule has 0 bridgehead atoms. The number of benzene rings is 11. The standard InChI is InChI=1S/C69H39F3N6/c1-73-44-31-36-61(77-59-27-15-11-23-53(59)65-62(77)37-34-51-48-21-9-13-25-57(48)75(67(51)65)45-17-5-3-6-18-45)55(41-44)50-32-29-42(47-33-30-43(69(70,71)72)40-56(47)74-2)39-64(50)78-60-28-16-12-24-54(60)66-63(78)38-35-52-49-22-10-14-26-58(49)76(68(52)66)46-19-7-4-8-20-46/h3-41H. The summed E-state index contributed by atoms with van der Waals surface area (Å²) < 4.78 is 52.0. The molecule has 0 unspecified atom stereocenters. The number of para-hydroxylation sites is 6. The summed E-state index contributed by atoms with van der Waals surface area (Å²) in [4.78, 5) is 7.70.